The molecule has 4 rings (SSSR count). The number of halogens is 3. The number of carbonyl (C=O) groups excluding carboxylic acids is 1. The van der Waals surface area contributed by atoms with Gasteiger partial charge in [0.1, 0.15) is 22.3 Å². The highest BCUT2D eigenvalue weighted by molar-refractivity contribution is 7.90. The summed E-state index contributed by atoms with van der Waals surface area (Å²) in [5, 5.41) is 3.20. The molecule has 2 N–H and O–H groups in total. The fourth-order valence-electron chi connectivity index (χ4n) is 4.72. The first-order chi connectivity index (χ1) is 16.7. The fourth-order valence-corrected chi connectivity index (χ4v) is 5.97. The third kappa shape index (κ3) is 6.44. The maximum absolute atomic E-state index is 14.7. The number of hydrogen-bond acceptors (Lipinski definition) is 5. The zero-order chi connectivity index (χ0) is 25.0. The average molecular weight is 527 g/mol. The van der Waals surface area contributed by atoms with E-state index in [0.717, 1.165) is 75.6 Å². The van der Waals surface area contributed by atoms with Crippen LogP contribution in [0, 0.1) is 17.6 Å². The predicted molar refractivity (Wildman–Crippen MR) is 130 cm³/mol. The van der Waals surface area contributed by atoms with Gasteiger partial charge in [-0.25, -0.2) is 21.9 Å². The summed E-state index contributed by atoms with van der Waals surface area (Å²) in [7, 11) is -4.59. The van der Waals surface area contributed by atoms with Gasteiger partial charge in [-0.05, 0) is 55.9 Å². The van der Waals surface area contributed by atoms with Crippen molar-refractivity contribution in [1.82, 2.24) is 4.72 Å². The second-order valence-corrected chi connectivity index (χ2v) is 11.3. The predicted octanol–water partition coefficient (Wildman–Crippen LogP) is 6.05. The summed E-state index contributed by atoms with van der Waals surface area (Å²) in [6.45, 7) is 0.393. The Balaban J connectivity index is 1.44. The first-order valence-corrected chi connectivity index (χ1v) is 13.8. The van der Waals surface area contributed by atoms with Gasteiger partial charge in [0.2, 0.25) is 0 Å². The fraction of sp³-hybridized carbons (Fsp3) is 0.480. The van der Waals surface area contributed by atoms with Crippen molar-refractivity contribution in [2.24, 2.45) is 5.92 Å². The molecule has 0 bridgehead atoms. The van der Waals surface area contributed by atoms with Gasteiger partial charge in [-0.15, -0.1) is 0 Å². The Kier molecular flexibility index (Phi) is 8.16. The highest BCUT2D eigenvalue weighted by Crippen LogP contribution is 2.31. The minimum atomic E-state index is -4.59. The van der Waals surface area contributed by atoms with E-state index in [1.54, 1.807) is 4.72 Å². The van der Waals surface area contributed by atoms with E-state index in [2.05, 4.69) is 5.32 Å². The Morgan fingerprint density at radius 2 is 1.66 bits per heavy atom. The lowest BCUT2D eigenvalue weighted by atomic mass is 9.95. The number of amides is 1. The standard InChI is InChI=1S/C25H29ClF2N2O4S/c26-20-13-19(21(27)14-23(20)34-15-16-6-4-5-7-16)25(31)30-35(32,33)24-11-10-18(12-22(24)28)29-17-8-2-1-3-9-17/h10-14,16-17,29H,1-9,15H2,(H,30,31). The van der Waals surface area contributed by atoms with Crippen LogP contribution in [0.15, 0.2) is 35.2 Å². The Bertz CT molecular complexity index is 1180. The minimum Gasteiger partial charge on any atom is -0.492 e. The van der Waals surface area contributed by atoms with Crippen LogP contribution in [0.25, 0.3) is 0 Å². The number of hydrogen-bond donors (Lipinski definition) is 2. The molecule has 2 fully saturated rings. The van der Waals surface area contributed by atoms with Gasteiger partial charge >= 0.3 is 0 Å². The summed E-state index contributed by atoms with van der Waals surface area (Å²) >= 11 is 6.15. The molecule has 2 aromatic rings. The average Bonchev–Trinajstić information content (AvgIpc) is 3.33. The highest BCUT2D eigenvalue weighted by Gasteiger charge is 2.26. The van der Waals surface area contributed by atoms with Crippen molar-refractivity contribution in [2.75, 3.05) is 11.9 Å². The van der Waals surface area contributed by atoms with Crippen LogP contribution in [0.1, 0.15) is 68.1 Å². The topological polar surface area (TPSA) is 84.5 Å². The number of carbonyl (C=O) groups is 1. The minimum absolute atomic E-state index is 0.0173. The Labute approximate surface area is 209 Å². The summed E-state index contributed by atoms with van der Waals surface area (Å²) < 4.78 is 62.0. The summed E-state index contributed by atoms with van der Waals surface area (Å²) in [5.41, 5.74) is -0.117. The second kappa shape index (κ2) is 11.1. The summed E-state index contributed by atoms with van der Waals surface area (Å²) in [5.74, 6) is -2.80. The van der Waals surface area contributed by atoms with E-state index in [1.807, 2.05) is 0 Å². The maximum Gasteiger partial charge on any atom is 0.268 e. The molecule has 0 aromatic heterocycles. The molecular formula is C25H29ClF2N2O4S. The normalized spacial score (nSPS) is 17.3. The molecule has 0 atom stereocenters. The van der Waals surface area contributed by atoms with Crippen LogP contribution < -0.4 is 14.8 Å². The number of anilines is 1. The third-order valence-corrected chi connectivity index (χ3v) is 8.30. The van der Waals surface area contributed by atoms with Crippen LogP contribution in [0.3, 0.4) is 0 Å². The van der Waals surface area contributed by atoms with Crippen molar-refractivity contribution in [3.63, 3.8) is 0 Å². The van der Waals surface area contributed by atoms with Gasteiger partial charge in [-0.3, -0.25) is 4.79 Å². The van der Waals surface area contributed by atoms with Crippen molar-refractivity contribution in [1.29, 1.82) is 0 Å². The van der Waals surface area contributed by atoms with E-state index in [1.165, 1.54) is 12.5 Å². The van der Waals surface area contributed by atoms with Gasteiger partial charge in [0, 0.05) is 17.8 Å². The Hall–Kier alpha value is -2.39. The van der Waals surface area contributed by atoms with Crippen LogP contribution in [0.2, 0.25) is 5.02 Å². The van der Waals surface area contributed by atoms with Crippen LogP contribution in [-0.2, 0) is 10.0 Å². The number of nitrogens with one attached hydrogen (secondary N) is 2. The molecule has 2 saturated carbocycles. The Morgan fingerprint density at radius 3 is 2.34 bits per heavy atom. The van der Waals surface area contributed by atoms with E-state index in [9.17, 15) is 22.0 Å². The quantitative estimate of drug-likeness (QED) is 0.437. The van der Waals surface area contributed by atoms with E-state index >= 15 is 0 Å². The summed E-state index contributed by atoms with van der Waals surface area (Å²) in [6, 6.07) is 5.80. The molecule has 0 aliphatic heterocycles. The van der Waals surface area contributed by atoms with Crippen molar-refractivity contribution >= 4 is 33.2 Å². The van der Waals surface area contributed by atoms with Gasteiger partial charge in [0.15, 0.2) is 0 Å². The van der Waals surface area contributed by atoms with Gasteiger partial charge in [0.05, 0.1) is 17.2 Å². The van der Waals surface area contributed by atoms with E-state index < -0.39 is 38.0 Å². The molecule has 2 aliphatic carbocycles. The lowest BCUT2D eigenvalue weighted by Crippen LogP contribution is -2.32. The molecule has 190 valence electrons. The first kappa shape index (κ1) is 25.7. The van der Waals surface area contributed by atoms with Gasteiger partial charge in [0.25, 0.3) is 15.9 Å². The second-order valence-electron chi connectivity index (χ2n) is 9.28. The lowest BCUT2D eigenvalue weighted by Gasteiger charge is -2.24. The zero-order valence-corrected chi connectivity index (χ0v) is 20.9. The van der Waals surface area contributed by atoms with Crippen molar-refractivity contribution in [3.8, 4) is 5.75 Å². The lowest BCUT2D eigenvalue weighted by molar-refractivity contribution is 0.0977. The van der Waals surface area contributed by atoms with Crippen LogP contribution in [0.5, 0.6) is 5.75 Å². The van der Waals surface area contributed by atoms with Crippen molar-refractivity contribution in [2.45, 2.75) is 68.7 Å². The van der Waals surface area contributed by atoms with Gasteiger partial charge in [-0.1, -0.05) is 43.7 Å². The molecule has 6 nitrogen and oxygen atoms in total. The monoisotopic (exact) mass is 526 g/mol. The van der Waals surface area contributed by atoms with Crippen molar-refractivity contribution < 1.29 is 26.7 Å². The number of sulfonamides is 1. The molecule has 35 heavy (non-hydrogen) atoms. The van der Waals surface area contributed by atoms with Crippen LogP contribution >= 0.6 is 11.6 Å². The molecule has 0 radical (unpaired) electrons. The molecule has 2 aliphatic rings. The Morgan fingerprint density at radius 1 is 0.971 bits per heavy atom. The van der Waals surface area contributed by atoms with E-state index in [0.29, 0.717) is 18.2 Å². The molecular weight excluding hydrogens is 498 g/mol. The molecule has 0 heterocycles. The zero-order valence-electron chi connectivity index (χ0n) is 19.3. The molecule has 0 unspecified atom stereocenters. The molecule has 10 heteroatoms. The van der Waals surface area contributed by atoms with Crippen LogP contribution in [-0.4, -0.2) is 27.0 Å². The summed E-state index contributed by atoms with van der Waals surface area (Å²) in [4.78, 5) is 11.9. The highest BCUT2D eigenvalue weighted by atomic mass is 35.5. The maximum atomic E-state index is 14.7. The largest absolute Gasteiger partial charge is 0.492 e. The molecule has 0 saturated heterocycles. The third-order valence-electron chi connectivity index (χ3n) is 6.64. The summed E-state index contributed by atoms with van der Waals surface area (Å²) in [6.07, 6.45) is 9.62. The molecule has 0 spiro atoms. The number of rotatable bonds is 8. The number of benzene rings is 2. The molecule has 1 amide bonds. The molecule has 2 aromatic carbocycles. The SMILES string of the molecule is O=C(NS(=O)(=O)c1ccc(NC2CCCCC2)cc1F)c1cc(Cl)c(OCC2CCCC2)cc1F. The van der Waals surface area contributed by atoms with Gasteiger partial charge in [-0.2, -0.15) is 0 Å². The number of ether oxygens (including phenoxy) is 1. The van der Waals surface area contributed by atoms with E-state index in [-0.39, 0.29) is 16.8 Å². The first-order valence-electron chi connectivity index (χ1n) is 12.0. The van der Waals surface area contributed by atoms with Crippen molar-refractivity contribution in [3.05, 3.63) is 52.6 Å². The van der Waals surface area contributed by atoms with Crippen LogP contribution in [0.4, 0.5) is 14.5 Å². The van der Waals surface area contributed by atoms with E-state index in [4.69, 9.17) is 16.3 Å². The smallest absolute Gasteiger partial charge is 0.268 e. The van der Waals surface area contributed by atoms with Gasteiger partial charge < -0.3 is 10.1 Å².